The summed E-state index contributed by atoms with van der Waals surface area (Å²) in [6.07, 6.45) is -25.5. The van der Waals surface area contributed by atoms with Gasteiger partial charge in [-0.2, -0.15) is 0 Å². The van der Waals surface area contributed by atoms with Crippen molar-refractivity contribution in [1.82, 2.24) is 10.6 Å². The summed E-state index contributed by atoms with van der Waals surface area (Å²) in [6, 6.07) is -1.82. The molecule has 0 spiro atoms. The summed E-state index contributed by atoms with van der Waals surface area (Å²) in [4.78, 5) is 45.7. The number of aliphatic hydroxyl groups is 8. The van der Waals surface area contributed by atoms with Crippen molar-refractivity contribution < 1.29 is 138 Å². The van der Waals surface area contributed by atoms with E-state index in [0.29, 0.717) is 0 Å². The Morgan fingerprint density at radius 2 is 0.877 bits per heavy atom. The van der Waals surface area contributed by atoms with Gasteiger partial charge in [0.15, 0.2) is 12.6 Å². The van der Waals surface area contributed by atoms with Gasteiger partial charge in [-0.05, 0) is 13.8 Å². The Morgan fingerprint density at radius 3 is 1.12 bits per heavy atom. The number of carboxylic acid groups (broad SMARTS) is 2. The molecule has 0 aromatic carbocycles. The van der Waals surface area contributed by atoms with Gasteiger partial charge in [-0.25, -0.2) is 0 Å². The van der Waals surface area contributed by atoms with Crippen molar-refractivity contribution in [1.29, 1.82) is 0 Å². The first-order valence-electron chi connectivity index (χ1n) is 17.5. The van der Waals surface area contributed by atoms with Gasteiger partial charge in [-0.15, -0.1) is 0 Å². The number of methoxy groups -OCH3 is 2. The average molecular weight is 840 g/mol. The molecule has 0 saturated carbocycles. The van der Waals surface area contributed by atoms with Crippen molar-refractivity contribution in [2.24, 2.45) is 0 Å². The molecule has 324 valence electrons. The molecule has 4 aliphatic heterocycles. The first-order chi connectivity index (χ1) is 26.2. The monoisotopic (exact) mass is 839 g/mol. The number of hydrogen-bond donors (Lipinski definition) is 10. The van der Waals surface area contributed by atoms with Crippen LogP contribution in [0.3, 0.4) is 0 Å². The maximum absolute atomic E-state index is 11.5. The zero-order valence-electron chi connectivity index (χ0n) is 32.3. The van der Waals surface area contributed by atoms with E-state index in [1.807, 2.05) is 0 Å². The fourth-order valence-corrected chi connectivity index (χ4v) is 6.88. The molecule has 8 unspecified atom stereocenters. The number of nitrogens with one attached hydrogen (secondary N) is 2. The molecule has 0 aromatic heterocycles. The Morgan fingerprint density at radius 1 is 0.561 bits per heavy atom. The van der Waals surface area contributed by atoms with Crippen LogP contribution in [0.5, 0.6) is 0 Å². The topological polar surface area (TPSA) is 374 Å². The summed E-state index contributed by atoms with van der Waals surface area (Å²) in [5.74, 6) is -4.31. The van der Waals surface area contributed by atoms with Crippen molar-refractivity contribution in [2.75, 3.05) is 27.4 Å². The molecule has 0 aromatic rings. The van der Waals surface area contributed by atoms with Crippen LogP contribution in [0, 0.1) is 0 Å². The average Bonchev–Trinajstić information content (AvgIpc) is 3.13. The van der Waals surface area contributed by atoms with Crippen molar-refractivity contribution in [2.45, 2.75) is 150 Å². The van der Waals surface area contributed by atoms with Crippen molar-refractivity contribution in [3.8, 4) is 0 Å². The predicted molar refractivity (Wildman–Crippen MR) is 173 cm³/mol. The van der Waals surface area contributed by atoms with E-state index in [-0.39, 0.29) is 29.6 Å². The summed E-state index contributed by atoms with van der Waals surface area (Å²) in [5, 5.41) is 108. The van der Waals surface area contributed by atoms with Crippen LogP contribution in [0.1, 0.15) is 27.7 Å². The number of carbonyl (C=O) groups excluding carboxylic acids is 4. The summed E-state index contributed by atoms with van der Waals surface area (Å²) in [7, 11) is 2.26. The first-order valence-corrected chi connectivity index (χ1v) is 17.5. The molecule has 10 N–H and O–H groups in total. The number of amides is 2. The van der Waals surface area contributed by atoms with Gasteiger partial charge in [0, 0.05) is 28.1 Å². The second kappa shape index (κ2) is 22.7. The molecule has 0 bridgehead atoms. The number of aliphatic carboxylic acids is 2. The molecular formula is C32H52N2NaO22-. The Bertz CT molecular complexity index is 1220. The molecule has 4 fully saturated rings. The van der Waals surface area contributed by atoms with Crippen molar-refractivity contribution >= 4 is 23.8 Å². The summed E-state index contributed by atoms with van der Waals surface area (Å²) in [5.41, 5.74) is 0. The normalized spacial score (nSPS) is 43.3. The maximum Gasteiger partial charge on any atom is 1.00 e. The second-order valence-electron chi connectivity index (χ2n) is 13.6. The van der Waals surface area contributed by atoms with E-state index in [0.717, 1.165) is 14.2 Å². The molecular weight excluding hydrogens is 787 g/mol. The summed E-state index contributed by atoms with van der Waals surface area (Å²) < 4.78 is 42.2. The third kappa shape index (κ3) is 12.2. The number of hydrogen-bond acceptors (Lipinski definition) is 22. The van der Waals surface area contributed by atoms with E-state index >= 15 is 0 Å². The number of aliphatic hydroxyl groups excluding tert-OH is 8. The van der Waals surface area contributed by atoms with Gasteiger partial charge in [0.1, 0.15) is 85.5 Å². The fourth-order valence-electron chi connectivity index (χ4n) is 6.88. The van der Waals surface area contributed by atoms with Gasteiger partial charge in [0.25, 0.3) is 0 Å². The fraction of sp³-hybridized carbons (Fsp3) is 0.875. The quantitative estimate of drug-likeness (QED) is 0.0816. The number of carbonyl (C=O) groups is 4. The minimum absolute atomic E-state index is 0. The molecule has 0 aliphatic carbocycles. The van der Waals surface area contributed by atoms with Gasteiger partial charge >= 0.3 is 29.6 Å². The minimum atomic E-state index is -1.75. The maximum atomic E-state index is 11.5. The number of ether oxygens (including phenoxy) is 8. The minimum Gasteiger partial charge on any atom is -0.547 e. The third-order valence-electron chi connectivity index (χ3n) is 9.71. The molecule has 4 saturated heterocycles. The standard InChI is InChI=1S/2C16H27NO11.Na/c2*1-5-8(17-6(2)19)12(9(20)7(4-18)26-5)27-16-11(22)10(21)13(25-3)14(28-16)15(23)24;/h2*5,7-14,16,18,20-22H,4H2,1-3H3,(H,17,19)(H,23,24);/q;;+1/p-2/t2*5-,7?,8?,9+,10+,11?,12+,13-,14?,16+;/m00./s1. The predicted octanol–water partition coefficient (Wildman–Crippen LogP) is -12.5. The van der Waals surface area contributed by atoms with Gasteiger partial charge in [0.05, 0.1) is 49.4 Å². The van der Waals surface area contributed by atoms with Gasteiger partial charge in [-0.1, -0.05) is 0 Å². The second-order valence-corrected chi connectivity index (χ2v) is 13.6. The van der Waals surface area contributed by atoms with Crippen LogP contribution in [0.4, 0.5) is 0 Å². The number of carboxylic acids is 2. The van der Waals surface area contributed by atoms with Crippen LogP contribution in [-0.2, 0) is 57.1 Å². The molecule has 57 heavy (non-hydrogen) atoms. The molecule has 20 atom stereocenters. The Hall–Kier alpha value is -1.76. The van der Waals surface area contributed by atoms with Crippen LogP contribution in [0.25, 0.3) is 0 Å². The van der Waals surface area contributed by atoms with Crippen LogP contribution in [0.2, 0.25) is 0 Å². The number of rotatable bonds is 12. The van der Waals surface area contributed by atoms with Crippen LogP contribution < -0.4 is 50.4 Å². The SMILES string of the molecule is CO[C@@H]1C(C(=O)[O-])O[C@@H](O[C@@H]2C(NC(C)=O)[C@H](C)OC(CO)[C@H]2O)C(O)[C@H]1O.CO[C@@H]1C(C(=O)[O-])O[C@@H](O[C@@H]2C(NC(C)=O)[C@H](C)OC(CO)[C@H]2O)C(O)[C@H]1O.[Na+]. The van der Waals surface area contributed by atoms with Crippen LogP contribution in [-0.4, -0.2) is 214 Å². The smallest absolute Gasteiger partial charge is 0.547 e. The van der Waals surface area contributed by atoms with E-state index in [1.165, 1.54) is 13.8 Å². The molecule has 2 amide bonds. The van der Waals surface area contributed by atoms with E-state index in [4.69, 9.17) is 37.9 Å². The van der Waals surface area contributed by atoms with E-state index < -0.39 is 159 Å². The summed E-state index contributed by atoms with van der Waals surface area (Å²) in [6.45, 7) is 4.51. The molecule has 4 rings (SSSR count). The van der Waals surface area contributed by atoms with E-state index in [9.17, 15) is 70.2 Å². The zero-order valence-corrected chi connectivity index (χ0v) is 34.3. The van der Waals surface area contributed by atoms with Gasteiger partial charge in [-0.3, -0.25) is 9.59 Å². The Kier molecular flexibility index (Phi) is 20.5. The molecule has 24 nitrogen and oxygen atoms in total. The summed E-state index contributed by atoms with van der Waals surface area (Å²) >= 11 is 0. The molecule has 4 aliphatic rings. The van der Waals surface area contributed by atoms with Gasteiger partial charge < -0.3 is 109 Å². The molecule has 4 heterocycles. The van der Waals surface area contributed by atoms with Crippen molar-refractivity contribution in [3.63, 3.8) is 0 Å². The van der Waals surface area contributed by atoms with Crippen LogP contribution in [0.15, 0.2) is 0 Å². The molecule has 0 radical (unpaired) electrons. The largest absolute Gasteiger partial charge is 1.00 e. The van der Waals surface area contributed by atoms with Gasteiger partial charge in [0.2, 0.25) is 11.8 Å². The zero-order chi connectivity index (χ0) is 42.3. The third-order valence-corrected chi connectivity index (χ3v) is 9.71. The Balaban J connectivity index is 0.000000387. The van der Waals surface area contributed by atoms with Crippen molar-refractivity contribution in [3.05, 3.63) is 0 Å². The van der Waals surface area contributed by atoms with E-state index in [2.05, 4.69) is 10.6 Å². The van der Waals surface area contributed by atoms with E-state index in [1.54, 1.807) is 13.8 Å². The molecule has 25 heteroatoms. The Labute approximate surface area is 348 Å². The first kappa shape index (κ1) is 51.4. The van der Waals surface area contributed by atoms with Crippen LogP contribution >= 0.6 is 0 Å².